The molecule has 0 aliphatic rings. The fourth-order valence-electron chi connectivity index (χ4n) is 2.41. The topological polar surface area (TPSA) is 71.1 Å². The van der Waals surface area contributed by atoms with Crippen molar-refractivity contribution in [3.8, 4) is 0 Å². The van der Waals surface area contributed by atoms with E-state index in [9.17, 15) is 9.59 Å². The number of aromatic nitrogens is 1. The molecule has 2 aromatic heterocycles. The van der Waals surface area contributed by atoms with Crippen molar-refractivity contribution in [3.63, 3.8) is 0 Å². The van der Waals surface area contributed by atoms with E-state index >= 15 is 0 Å². The van der Waals surface area contributed by atoms with Crippen molar-refractivity contribution in [2.24, 2.45) is 0 Å². The molecule has 0 bridgehead atoms. The summed E-state index contributed by atoms with van der Waals surface area (Å²) in [6.07, 6.45) is 3.37. The molecule has 1 aromatic carbocycles. The van der Waals surface area contributed by atoms with Crippen LogP contribution in [-0.4, -0.2) is 23.3 Å². The summed E-state index contributed by atoms with van der Waals surface area (Å²) in [6, 6.07) is 11.0. The minimum Gasteiger partial charge on any atom is -0.348 e. The van der Waals surface area contributed by atoms with E-state index in [1.807, 2.05) is 43.3 Å². The highest BCUT2D eigenvalue weighted by molar-refractivity contribution is 7.21. The molecule has 2 amide bonds. The lowest BCUT2D eigenvalue weighted by molar-refractivity contribution is -0.120. The van der Waals surface area contributed by atoms with Gasteiger partial charge in [0.1, 0.15) is 4.88 Å². The zero-order chi connectivity index (χ0) is 17.8. The van der Waals surface area contributed by atoms with Crippen molar-refractivity contribution in [2.75, 3.05) is 6.54 Å². The van der Waals surface area contributed by atoms with Gasteiger partial charge in [-0.2, -0.15) is 0 Å². The molecule has 0 saturated carbocycles. The van der Waals surface area contributed by atoms with E-state index in [0.29, 0.717) is 9.90 Å². The van der Waals surface area contributed by atoms with Gasteiger partial charge in [-0.15, -0.1) is 11.3 Å². The Balaban J connectivity index is 1.60. The number of nitrogens with zero attached hydrogens (tertiary/aromatic N) is 1. The quantitative estimate of drug-likeness (QED) is 0.718. The molecule has 0 aliphatic carbocycles. The van der Waals surface area contributed by atoms with Crippen LogP contribution in [0.1, 0.15) is 28.2 Å². The number of rotatable bonds is 5. The second-order valence-corrected chi connectivity index (χ2v) is 6.93. The third kappa shape index (κ3) is 3.97. The Hall–Kier alpha value is -2.44. The van der Waals surface area contributed by atoms with Crippen LogP contribution in [0.25, 0.3) is 10.1 Å². The molecule has 3 rings (SSSR count). The van der Waals surface area contributed by atoms with Gasteiger partial charge in [-0.1, -0.05) is 35.9 Å². The Morgan fingerprint density at radius 3 is 2.76 bits per heavy atom. The summed E-state index contributed by atoms with van der Waals surface area (Å²) in [5.74, 6) is -0.627. The number of carbonyl (C=O) groups excluding carboxylic acids is 2. The van der Waals surface area contributed by atoms with Crippen molar-refractivity contribution >= 4 is 44.8 Å². The average Bonchev–Trinajstić information content (AvgIpc) is 2.97. The van der Waals surface area contributed by atoms with Gasteiger partial charge >= 0.3 is 0 Å². The molecule has 0 radical (unpaired) electrons. The summed E-state index contributed by atoms with van der Waals surface area (Å²) in [5, 5.41) is 6.70. The van der Waals surface area contributed by atoms with Gasteiger partial charge in [0, 0.05) is 22.5 Å². The van der Waals surface area contributed by atoms with Crippen molar-refractivity contribution in [3.05, 3.63) is 64.3 Å². The summed E-state index contributed by atoms with van der Waals surface area (Å²) < 4.78 is 0.937. The smallest absolute Gasteiger partial charge is 0.263 e. The molecule has 128 valence electrons. The predicted molar refractivity (Wildman–Crippen MR) is 100.0 cm³/mol. The first-order valence-electron chi connectivity index (χ1n) is 7.71. The zero-order valence-corrected chi connectivity index (χ0v) is 15.0. The number of pyridine rings is 1. The largest absolute Gasteiger partial charge is 0.348 e. The maximum atomic E-state index is 12.3. The molecular weight excluding hydrogens is 358 g/mol. The van der Waals surface area contributed by atoms with E-state index in [1.54, 1.807) is 12.4 Å². The van der Waals surface area contributed by atoms with Gasteiger partial charge in [0.25, 0.3) is 5.91 Å². The fraction of sp³-hybridized carbons (Fsp3) is 0.167. The summed E-state index contributed by atoms with van der Waals surface area (Å²) >= 11 is 7.58. The Kier molecular flexibility index (Phi) is 5.31. The Morgan fingerprint density at radius 2 is 2.04 bits per heavy atom. The van der Waals surface area contributed by atoms with E-state index in [-0.39, 0.29) is 24.4 Å². The van der Waals surface area contributed by atoms with Gasteiger partial charge < -0.3 is 10.6 Å². The minimum atomic E-state index is -0.351. The van der Waals surface area contributed by atoms with Crippen molar-refractivity contribution in [2.45, 2.75) is 13.0 Å². The maximum Gasteiger partial charge on any atom is 0.263 e. The Bertz CT molecular complexity index is 911. The number of thiophene rings is 1. The number of nitrogens with one attached hydrogen (secondary N) is 2. The number of fused-ring (bicyclic) bond motifs is 1. The highest BCUT2D eigenvalue weighted by atomic mass is 35.5. The molecule has 0 spiro atoms. The van der Waals surface area contributed by atoms with E-state index in [4.69, 9.17) is 11.6 Å². The maximum absolute atomic E-state index is 12.3. The van der Waals surface area contributed by atoms with Crippen molar-refractivity contribution in [1.29, 1.82) is 0 Å². The summed E-state index contributed by atoms with van der Waals surface area (Å²) in [5.41, 5.74) is 0.898. The third-order valence-corrected chi connectivity index (χ3v) is 5.39. The molecule has 1 atom stereocenters. The molecular formula is C18H16ClN3O2S. The molecule has 2 heterocycles. The first-order valence-corrected chi connectivity index (χ1v) is 8.90. The van der Waals surface area contributed by atoms with Crippen LogP contribution < -0.4 is 10.6 Å². The number of hydrogen-bond donors (Lipinski definition) is 2. The van der Waals surface area contributed by atoms with Crippen LogP contribution in [0.15, 0.2) is 48.8 Å². The monoisotopic (exact) mass is 373 g/mol. The lowest BCUT2D eigenvalue weighted by atomic mass is 10.1. The normalized spacial score (nSPS) is 11.9. The minimum absolute atomic E-state index is 0.117. The third-order valence-electron chi connectivity index (χ3n) is 3.71. The second-order valence-electron chi connectivity index (χ2n) is 5.50. The Labute approximate surface area is 154 Å². The summed E-state index contributed by atoms with van der Waals surface area (Å²) in [7, 11) is 0. The first kappa shape index (κ1) is 17.4. The SMILES string of the molecule is C[C@@H](NC(=O)CNC(=O)c1sc2ccccc2c1Cl)c1cccnc1. The molecule has 3 aromatic rings. The van der Waals surface area contributed by atoms with Crippen LogP contribution in [0.4, 0.5) is 0 Å². The second kappa shape index (κ2) is 7.63. The zero-order valence-electron chi connectivity index (χ0n) is 13.5. The lowest BCUT2D eigenvalue weighted by Crippen LogP contribution is -2.37. The van der Waals surface area contributed by atoms with Crippen LogP contribution in [0.5, 0.6) is 0 Å². The molecule has 2 N–H and O–H groups in total. The molecule has 5 nitrogen and oxygen atoms in total. The van der Waals surface area contributed by atoms with Gasteiger partial charge in [-0.25, -0.2) is 0 Å². The number of hydrogen-bond acceptors (Lipinski definition) is 4. The highest BCUT2D eigenvalue weighted by Gasteiger charge is 2.18. The van der Waals surface area contributed by atoms with Crippen molar-refractivity contribution < 1.29 is 9.59 Å². The molecule has 0 saturated heterocycles. The molecule has 0 aliphatic heterocycles. The number of amides is 2. The van der Waals surface area contributed by atoms with Crippen LogP contribution in [0.2, 0.25) is 5.02 Å². The average molecular weight is 374 g/mol. The van der Waals surface area contributed by atoms with Crippen LogP contribution in [-0.2, 0) is 4.79 Å². The van der Waals surface area contributed by atoms with E-state index < -0.39 is 0 Å². The highest BCUT2D eigenvalue weighted by Crippen LogP contribution is 2.34. The fourth-order valence-corrected chi connectivity index (χ4v) is 3.84. The first-order chi connectivity index (χ1) is 12.1. The number of halogens is 1. The van der Waals surface area contributed by atoms with E-state index in [1.165, 1.54) is 11.3 Å². The molecule has 0 unspecified atom stereocenters. The number of carbonyl (C=O) groups is 2. The van der Waals surface area contributed by atoms with E-state index in [0.717, 1.165) is 15.6 Å². The van der Waals surface area contributed by atoms with Gasteiger partial charge in [0.15, 0.2) is 0 Å². The number of benzene rings is 1. The molecule has 0 fully saturated rings. The standard InChI is InChI=1S/C18H16ClN3O2S/c1-11(12-5-4-8-20-9-12)22-15(23)10-21-18(24)17-16(19)13-6-2-3-7-14(13)25-17/h2-9,11H,10H2,1H3,(H,21,24)(H,22,23)/t11-/m1/s1. The van der Waals surface area contributed by atoms with Gasteiger partial charge in [0.05, 0.1) is 17.6 Å². The Morgan fingerprint density at radius 1 is 1.24 bits per heavy atom. The summed E-state index contributed by atoms with van der Waals surface area (Å²) in [4.78, 5) is 28.8. The molecule has 25 heavy (non-hydrogen) atoms. The van der Waals surface area contributed by atoms with Gasteiger partial charge in [-0.05, 0) is 24.6 Å². The lowest BCUT2D eigenvalue weighted by Gasteiger charge is -2.14. The van der Waals surface area contributed by atoms with E-state index in [2.05, 4.69) is 15.6 Å². The van der Waals surface area contributed by atoms with Crippen LogP contribution in [0.3, 0.4) is 0 Å². The van der Waals surface area contributed by atoms with Crippen LogP contribution >= 0.6 is 22.9 Å². The van der Waals surface area contributed by atoms with Crippen LogP contribution in [0, 0.1) is 0 Å². The van der Waals surface area contributed by atoms with Gasteiger partial charge in [0.2, 0.25) is 5.91 Å². The van der Waals surface area contributed by atoms with Gasteiger partial charge in [-0.3, -0.25) is 14.6 Å². The summed E-state index contributed by atoms with van der Waals surface area (Å²) in [6.45, 7) is 1.74. The molecule has 7 heteroatoms. The predicted octanol–water partition coefficient (Wildman–Crippen LogP) is 3.56. The van der Waals surface area contributed by atoms with Crippen molar-refractivity contribution in [1.82, 2.24) is 15.6 Å².